The van der Waals surface area contributed by atoms with Crippen molar-refractivity contribution in [3.05, 3.63) is 42.5 Å². The monoisotopic (exact) mass is 562 g/mol. The van der Waals surface area contributed by atoms with Crippen LogP contribution in [0.3, 0.4) is 0 Å². The molecule has 0 aliphatic carbocycles. The molecule has 2 aliphatic rings. The largest absolute Gasteiger partial charge is 0.497 e. The van der Waals surface area contributed by atoms with Gasteiger partial charge in [0.05, 0.1) is 43.5 Å². The molecule has 12 atom stereocenters. The van der Waals surface area contributed by atoms with Gasteiger partial charge in [-0.25, -0.2) is 0 Å². The van der Waals surface area contributed by atoms with Crippen LogP contribution in [0.1, 0.15) is 73.7 Å². The molecule has 2 heterocycles. The quantitative estimate of drug-likeness (QED) is 0.325. The van der Waals surface area contributed by atoms with Crippen molar-refractivity contribution in [3.8, 4) is 5.75 Å². The van der Waals surface area contributed by atoms with Gasteiger partial charge in [0.2, 0.25) is 0 Å². The summed E-state index contributed by atoms with van der Waals surface area (Å²) in [7, 11) is 1.63. The maximum absolute atomic E-state index is 11.8. The second kappa shape index (κ2) is 13.3. The zero-order chi connectivity index (χ0) is 29.9. The van der Waals surface area contributed by atoms with E-state index in [2.05, 4.69) is 27.4 Å². The van der Waals surface area contributed by atoms with Crippen molar-refractivity contribution in [2.45, 2.75) is 104 Å². The van der Waals surface area contributed by atoms with Crippen molar-refractivity contribution < 1.29 is 38.7 Å². The topological polar surface area (TPSA) is 104 Å². The van der Waals surface area contributed by atoms with Gasteiger partial charge in [0.15, 0.2) is 12.1 Å². The fourth-order valence-corrected chi connectivity index (χ4v) is 6.61. The lowest BCUT2D eigenvalue weighted by Gasteiger charge is -2.49. The predicted octanol–water partition coefficient (Wildman–Crippen LogP) is 5.84. The van der Waals surface area contributed by atoms with Crippen LogP contribution in [-0.2, 0) is 23.7 Å². The first-order chi connectivity index (χ1) is 18.7. The minimum absolute atomic E-state index is 0.00514. The van der Waals surface area contributed by atoms with E-state index in [0.717, 1.165) is 17.7 Å². The molecule has 40 heavy (non-hydrogen) atoms. The average Bonchev–Trinajstić information content (AvgIpc) is 2.92. The number of aliphatic hydroxyl groups is 1. The third-order valence-electron chi connectivity index (χ3n) is 8.91. The highest BCUT2D eigenvalue weighted by atomic mass is 16.7. The third kappa shape index (κ3) is 7.26. The van der Waals surface area contributed by atoms with Gasteiger partial charge in [0, 0.05) is 23.3 Å². The Kier molecular flexibility index (Phi) is 10.9. The standard InChI is InChI=1S/C32H50O8/c1-11-25(33)19(4)28-20(5)26(37-31(38-28)23-12-14-24(36-10)15-13-23)17(2)16-18(3)27-21(6)29(22(7)30(34)35)40-32(8,9)39-27/h11-15,17-22,25-29,31,33H,1,16H2,2-10H3,(H,34,35)/t17-,18+,19+,20+,21-,22-,25-,26+,27+,28+,29+,31-/m1/s1. The van der Waals surface area contributed by atoms with Crippen LogP contribution in [0.25, 0.3) is 0 Å². The fourth-order valence-electron chi connectivity index (χ4n) is 6.61. The molecule has 2 fully saturated rings. The molecule has 8 nitrogen and oxygen atoms in total. The molecule has 0 amide bonds. The second-order valence-corrected chi connectivity index (χ2v) is 12.5. The van der Waals surface area contributed by atoms with Crippen molar-refractivity contribution >= 4 is 5.97 Å². The molecule has 2 saturated heterocycles. The number of carbonyl (C=O) groups is 1. The maximum atomic E-state index is 11.8. The lowest BCUT2D eigenvalue weighted by molar-refractivity contribution is -0.334. The summed E-state index contributed by atoms with van der Waals surface area (Å²) < 4.78 is 31.0. The lowest BCUT2D eigenvalue weighted by atomic mass is 9.75. The number of benzene rings is 1. The molecular formula is C32H50O8. The van der Waals surface area contributed by atoms with E-state index in [4.69, 9.17) is 23.7 Å². The Hall–Kier alpha value is -1.97. The van der Waals surface area contributed by atoms with Crippen LogP contribution in [0.15, 0.2) is 36.9 Å². The highest BCUT2D eigenvalue weighted by Gasteiger charge is 2.48. The molecule has 0 radical (unpaired) electrons. The van der Waals surface area contributed by atoms with E-state index in [0.29, 0.717) is 0 Å². The smallest absolute Gasteiger partial charge is 0.308 e. The zero-order valence-electron chi connectivity index (χ0n) is 25.6. The van der Waals surface area contributed by atoms with Crippen LogP contribution in [0.4, 0.5) is 0 Å². The van der Waals surface area contributed by atoms with Gasteiger partial charge in [-0.3, -0.25) is 4.79 Å². The SMILES string of the molecule is C=C[C@@H](O)[C@H](C)[C@@H]1O[C@H](c2ccc(OC)cc2)O[C@@H]([C@H](C)C[C@H](C)[C@@H]2OC(C)(C)O[C@H]([C@@H](C)C(=O)O)[C@@H]2C)[C@@H]1C. The summed E-state index contributed by atoms with van der Waals surface area (Å²) in [6.45, 7) is 19.7. The summed E-state index contributed by atoms with van der Waals surface area (Å²) in [5.41, 5.74) is 0.886. The maximum Gasteiger partial charge on any atom is 0.308 e. The number of hydrogen-bond donors (Lipinski definition) is 2. The molecule has 0 bridgehead atoms. The summed E-state index contributed by atoms with van der Waals surface area (Å²) in [4.78, 5) is 11.8. The molecule has 2 N–H and O–H groups in total. The van der Waals surface area contributed by atoms with E-state index >= 15 is 0 Å². The van der Waals surface area contributed by atoms with E-state index in [1.54, 1.807) is 20.1 Å². The van der Waals surface area contributed by atoms with Gasteiger partial charge >= 0.3 is 5.97 Å². The Labute approximate surface area is 240 Å². The summed E-state index contributed by atoms with van der Waals surface area (Å²) in [5, 5.41) is 20.3. The second-order valence-electron chi connectivity index (χ2n) is 12.5. The molecule has 1 aromatic carbocycles. The van der Waals surface area contributed by atoms with Crippen molar-refractivity contribution in [2.24, 2.45) is 35.5 Å². The van der Waals surface area contributed by atoms with E-state index in [1.807, 2.05) is 52.0 Å². The van der Waals surface area contributed by atoms with Gasteiger partial charge in [-0.15, -0.1) is 6.58 Å². The number of carboxylic acids is 1. The molecule has 3 rings (SSSR count). The molecule has 1 aromatic rings. The van der Waals surface area contributed by atoms with Crippen LogP contribution in [0, 0.1) is 35.5 Å². The summed E-state index contributed by atoms with van der Waals surface area (Å²) >= 11 is 0. The molecule has 0 unspecified atom stereocenters. The number of carboxylic acid groups (broad SMARTS) is 1. The molecule has 2 aliphatic heterocycles. The van der Waals surface area contributed by atoms with E-state index in [1.165, 1.54) is 0 Å². The highest BCUT2D eigenvalue weighted by molar-refractivity contribution is 5.70. The Morgan fingerprint density at radius 2 is 1.50 bits per heavy atom. The Morgan fingerprint density at radius 3 is 2.05 bits per heavy atom. The van der Waals surface area contributed by atoms with Crippen LogP contribution in [0.5, 0.6) is 5.75 Å². The number of rotatable bonds is 11. The number of methoxy groups -OCH3 is 1. The molecule has 0 aromatic heterocycles. The van der Waals surface area contributed by atoms with Gasteiger partial charge in [-0.05, 0) is 51.2 Å². The molecule has 226 valence electrons. The van der Waals surface area contributed by atoms with Gasteiger partial charge in [0.1, 0.15) is 5.75 Å². The Balaban J connectivity index is 1.84. The van der Waals surface area contributed by atoms with Gasteiger partial charge in [0.25, 0.3) is 0 Å². The molecule has 0 spiro atoms. The van der Waals surface area contributed by atoms with Crippen LogP contribution in [-0.4, -0.2) is 59.6 Å². The predicted molar refractivity (Wildman–Crippen MR) is 153 cm³/mol. The minimum atomic E-state index is -0.883. The van der Waals surface area contributed by atoms with Crippen LogP contribution < -0.4 is 4.74 Å². The first kappa shape index (κ1) is 32.5. The molecule has 0 saturated carbocycles. The number of aliphatic hydroxyl groups excluding tert-OH is 1. The van der Waals surface area contributed by atoms with Crippen LogP contribution >= 0.6 is 0 Å². The minimum Gasteiger partial charge on any atom is -0.497 e. The van der Waals surface area contributed by atoms with Crippen molar-refractivity contribution in [2.75, 3.05) is 7.11 Å². The number of aliphatic carboxylic acids is 1. The third-order valence-corrected chi connectivity index (χ3v) is 8.91. The first-order valence-corrected chi connectivity index (χ1v) is 14.5. The van der Waals surface area contributed by atoms with Crippen molar-refractivity contribution in [3.63, 3.8) is 0 Å². The fraction of sp³-hybridized carbons (Fsp3) is 0.719. The number of ether oxygens (including phenoxy) is 5. The molecular weight excluding hydrogens is 512 g/mol. The summed E-state index contributed by atoms with van der Waals surface area (Å²) in [6.07, 6.45) is 0.0270. The van der Waals surface area contributed by atoms with Gasteiger partial charge in [-0.1, -0.05) is 52.8 Å². The summed E-state index contributed by atoms with van der Waals surface area (Å²) in [6, 6.07) is 7.66. The van der Waals surface area contributed by atoms with Crippen molar-refractivity contribution in [1.29, 1.82) is 0 Å². The lowest BCUT2D eigenvalue weighted by Crippen LogP contribution is -2.55. The zero-order valence-corrected chi connectivity index (χ0v) is 25.6. The highest BCUT2D eigenvalue weighted by Crippen LogP contribution is 2.43. The van der Waals surface area contributed by atoms with Gasteiger partial charge < -0.3 is 33.9 Å². The normalized spacial score (nSPS) is 34.2. The van der Waals surface area contributed by atoms with E-state index in [9.17, 15) is 15.0 Å². The number of hydrogen-bond acceptors (Lipinski definition) is 7. The van der Waals surface area contributed by atoms with E-state index < -0.39 is 36.2 Å². The van der Waals surface area contributed by atoms with Crippen molar-refractivity contribution in [1.82, 2.24) is 0 Å². The first-order valence-electron chi connectivity index (χ1n) is 14.5. The van der Waals surface area contributed by atoms with Gasteiger partial charge in [-0.2, -0.15) is 0 Å². The average molecular weight is 563 g/mol. The van der Waals surface area contributed by atoms with Crippen LogP contribution in [0.2, 0.25) is 0 Å². The Morgan fingerprint density at radius 1 is 0.975 bits per heavy atom. The Bertz CT molecular complexity index is 978. The molecule has 8 heteroatoms. The van der Waals surface area contributed by atoms with E-state index in [-0.39, 0.29) is 47.9 Å². The summed E-state index contributed by atoms with van der Waals surface area (Å²) in [5.74, 6) is -1.68.